The third kappa shape index (κ3) is 4.76. The molecule has 1 amide bonds. The molecule has 1 fully saturated rings. The van der Waals surface area contributed by atoms with E-state index in [1.54, 1.807) is 29.3 Å². The summed E-state index contributed by atoms with van der Waals surface area (Å²) >= 11 is 6.77. The normalized spacial score (nSPS) is 13.5. The van der Waals surface area contributed by atoms with E-state index in [4.69, 9.17) is 22.3 Å². The van der Waals surface area contributed by atoms with Gasteiger partial charge in [-0.3, -0.25) is 19.1 Å². The molecule has 1 aliphatic rings. The molecule has 11 heteroatoms. The minimum Gasteiger partial charge on any atom is -0.398 e. The number of nitrogens with zero attached hydrogens (tertiary/aromatic N) is 6. The van der Waals surface area contributed by atoms with Crippen molar-refractivity contribution in [3.05, 3.63) is 87.2 Å². The molecule has 0 aliphatic carbocycles. The van der Waals surface area contributed by atoms with Gasteiger partial charge in [0.2, 0.25) is 5.91 Å². The summed E-state index contributed by atoms with van der Waals surface area (Å²) in [6.45, 7) is 10.8. The first kappa shape index (κ1) is 28.8. The van der Waals surface area contributed by atoms with E-state index >= 15 is 4.39 Å². The van der Waals surface area contributed by atoms with Crippen LogP contribution in [0.15, 0.2) is 54.0 Å². The van der Waals surface area contributed by atoms with Gasteiger partial charge in [-0.1, -0.05) is 38.1 Å². The number of fused-ring (bicyclic) bond motifs is 1. The minimum absolute atomic E-state index is 0.0119. The summed E-state index contributed by atoms with van der Waals surface area (Å²) in [5, 5.41) is 10.9. The van der Waals surface area contributed by atoms with E-state index in [1.807, 2.05) is 25.7 Å². The van der Waals surface area contributed by atoms with E-state index in [9.17, 15) is 14.9 Å². The predicted octanol–water partition coefficient (Wildman–Crippen LogP) is 4.96. The maximum atomic E-state index is 15.1. The average molecular weight is 586 g/mol. The number of amides is 1. The Balaban J connectivity index is 1.89. The molecule has 4 heterocycles. The minimum atomic E-state index is -0.616. The number of pyridine rings is 3. The van der Waals surface area contributed by atoms with E-state index in [1.165, 1.54) is 22.8 Å². The van der Waals surface area contributed by atoms with Gasteiger partial charge in [0.05, 0.1) is 33.3 Å². The van der Waals surface area contributed by atoms with Crippen molar-refractivity contribution in [1.29, 1.82) is 5.26 Å². The van der Waals surface area contributed by atoms with Gasteiger partial charge in [0.15, 0.2) is 0 Å². The molecule has 214 valence electrons. The molecule has 0 saturated carbocycles. The number of nitriles is 1. The molecule has 0 bridgehead atoms. The van der Waals surface area contributed by atoms with Gasteiger partial charge in [-0.15, -0.1) is 0 Å². The molecule has 2 N–H and O–H groups in total. The number of carbonyl (C=O) groups excluding carboxylic acids is 1. The predicted molar refractivity (Wildman–Crippen MR) is 162 cm³/mol. The Kier molecular flexibility index (Phi) is 7.71. The number of anilines is 2. The number of carbonyl (C=O) groups is 1. The summed E-state index contributed by atoms with van der Waals surface area (Å²) in [6, 6.07) is 9.79. The van der Waals surface area contributed by atoms with Crippen molar-refractivity contribution in [3.8, 4) is 23.0 Å². The molecule has 0 radical (unpaired) electrons. The fourth-order valence-corrected chi connectivity index (χ4v) is 5.68. The van der Waals surface area contributed by atoms with Crippen LogP contribution < -0.4 is 16.2 Å². The van der Waals surface area contributed by atoms with E-state index in [2.05, 4.69) is 17.6 Å². The van der Waals surface area contributed by atoms with Crippen LogP contribution in [-0.2, 0) is 4.79 Å². The van der Waals surface area contributed by atoms with Gasteiger partial charge in [0.25, 0.3) is 5.56 Å². The number of hydrogen-bond acceptors (Lipinski definition) is 7. The van der Waals surface area contributed by atoms with Crippen molar-refractivity contribution in [2.24, 2.45) is 0 Å². The van der Waals surface area contributed by atoms with Crippen LogP contribution in [0.4, 0.5) is 15.8 Å². The molecule has 1 aromatic carbocycles. The lowest BCUT2D eigenvalue weighted by Crippen LogP contribution is -2.49. The van der Waals surface area contributed by atoms with Crippen LogP contribution >= 0.6 is 11.6 Å². The topological polar surface area (TPSA) is 121 Å². The van der Waals surface area contributed by atoms with Gasteiger partial charge < -0.3 is 15.5 Å². The average Bonchev–Trinajstić information content (AvgIpc) is 2.97. The Bertz CT molecular complexity index is 1830. The maximum absolute atomic E-state index is 15.1. The zero-order chi connectivity index (χ0) is 30.3. The number of piperazine rings is 1. The Hall–Kier alpha value is -4.75. The van der Waals surface area contributed by atoms with Crippen molar-refractivity contribution in [2.75, 3.05) is 36.8 Å². The van der Waals surface area contributed by atoms with Crippen LogP contribution in [0, 0.1) is 24.1 Å². The third-order valence-corrected chi connectivity index (χ3v) is 7.77. The van der Waals surface area contributed by atoms with Crippen molar-refractivity contribution in [3.63, 3.8) is 0 Å². The molecule has 0 atom stereocenters. The fraction of sp³-hybridized carbons (Fsp3) is 0.258. The fourth-order valence-electron chi connectivity index (χ4n) is 5.43. The van der Waals surface area contributed by atoms with Crippen LogP contribution in [0.2, 0.25) is 5.02 Å². The monoisotopic (exact) mass is 585 g/mol. The number of aromatic nitrogens is 3. The smallest absolute Gasteiger partial charge is 0.276 e. The number of nitrogens with two attached hydrogens (primary N) is 1. The molecule has 0 spiro atoms. The number of nitrogen functional groups attached to an aromatic ring is 1. The molecule has 5 rings (SSSR count). The molecule has 9 nitrogen and oxygen atoms in total. The molecule has 0 unspecified atom stereocenters. The van der Waals surface area contributed by atoms with Crippen molar-refractivity contribution < 1.29 is 9.18 Å². The van der Waals surface area contributed by atoms with Crippen molar-refractivity contribution >= 4 is 39.9 Å². The molecule has 42 heavy (non-hydrogen) atoms. The SMILES string of the molecule is C=CC(=O)N1CCN(c2c(C#N)c(=O)n(-c3c(C)ccnc3C(C)C)c3nc(-c4c(N)cccc4F)c(Cl)cc23)CC1. The van der Waals surface area contributed by atoms with Gasteiger partial charge in [0.1, 0.15) is 23.1 Å². The lowest BCUT2D eigenvalue weighted by molar-refractivity contribution is -0.126. The summed E-state index contributed by atoms with van der Waals surface area (Å²) < 4.78 is 16.5. The highest BCUT2D eigenvalue weighted by molar-refractivity contribution is 6.34. The van der Waals surface area contributed by atoms with Gasteiger partial charge in [0, 0.05) is 43.4 Å². The summed E-state index contributed by atoms with van der Waals surface area (Å²) in [6.07, 6.45) is 2.93. The summed E-state index contributed by atoms with van der Waals surface area (Å²) in [5.41, 5.74) is 8.10. The van der Waals surface area contributed by atoms with Crippen LogP contribution in [0.3, 0.4) is 0 Å². The molecule has 1 aliphatic heterocycles. The zero-order valence-corrected chi connectivity index (χ0v) is 24.2. The summed E-state index contributed by atoms with van der Waals surface area (Å²) in [7, 11) is 0. The Morgan fingerprint density at radius 2 is 1.93 bits per heavy atom. The zero-order valence-electron chi connectivity index (χ0n) is 23.5. The molecular weight excluding hydrogens is 557 g/mol. The first-order chi connectivity index (χ1) is 20.1. The van der Waals surface area contributed by atoms with Crippen LogP contribution in [0.25, 0.3) is 28.0 Å². The number of halogens is 2. The lowest BCUT2D eigenvalue weighted by Gasteiger charge is -2.36. The quantitative estimate of drug-likeness (QED) is 0.259. The highest BCUT2D eigenvalue weighted by atomic mass is 35.5. The first-order valence-corrected chi connectivity index (χ1v) is 13.8. The van der Waals surface area contributed by atoms with E-state index in [0.717, 1.165) is 5.56 Å². The van der Waals surface area contributed by atoms with Gasteiger partial charge >= 0.3 is 0 Å². The number of aryl methyl sites for hydroxylation is 1. The molecule has 4 aromatic rings. The van der Waals surface area contributed by atoms with E-state index in [0.29, 0.717) is 48.6 Å². The Morgan fingerprint density at radius 1 is 1.21 bits per heavy atom. The highest BCUT2D eigenvalue weighted by Gasteiger charge is 2.30. The highest BCUT2D eigenvalue weighted by Crippen LogP contribution is 2.39. The van der Waals surface area contributed by atoms with E-state index in [-0.39, 0.29) is 45.0 Å². The van der Waals surface area contributed by atoms with Gasteiger partial charge in [-0.05, 0) is 48.7 Å². The van der Waals surface area contributed by atoms with Crippen LogP contribution in [-0.4, -0.2) is 51.5 Å². The third-order valence-electron chi connectivity index (χ3n) is 7.48. The van der Waals surface area contributed by atoms with Crippen LogP contribution in [0.1, 0.15) is 36.6 Å². The standard InChI is InChI=1S/C31H29ClFN7O2/c1-5-24(41)38-11-13-39(14-12-38)29-19-15-21(32)27(25-22(33)7-6-8-23(25)35)37-30(19)40(31(42)20(29)16-34)28-18(4)9-10-36-26(28)17(2)3/h5-10,15,17H,1,11-14,35H2,2-4H3. The molecule has 3 aromatic heterocycles. The molecule has 1 saturated heterocycles. The van der Waals surface area contributed by atoms with Gasteiger partial charge in [-0.25, -0.2) is 9.37 Å². The summed E-state index contributed by atoms with van der Waals surface area (Å²) in [5.74, 6) is -0.882. The maximum Gasteiger partial charge on any atom is 0.276 e. The Labute approximate surface area is 247 Å². The second kappa shape index (κ2) is 11.3. The second-order valence-corrected chi connectivity index (χ2v) is 10.8. The van der Waals surface area contributed by atoms with Crippen molar-refractivity contribution in [1.82, 2.24) is 19.4 Å². The number of rotatable bonds is 5. The number of hydrogen-bond donors (Lipinski definition) is 1. The summed E-state index contributed by atoms with van der Waals surface area (Å²) in [4.78, 5) is 39.4. The largest absolute Gasteiger partial charge is 0.398 e. The van der Waals surface area contributed by atoms with Gasteiger partial charge in [-0.2, -0.15) is 5.26 Å². The van der Waals surface area contributed by atoms with Crippen LogP contribution in [0.5, 0.6) is 0 Å². The van der Waals surface area contributed by atoms with E-state index < -0.39 is 11.4 Å². The van der Waals surface area contributed by atoms with Crippen molar-refractivity contribution in [2.45, 2.75) is 26.7 Å². The lowest BCUT2D eigenvalue weighted by atomic mass is 10.0. The number of benzene rings is 1. The second-order valence-electron chi connectivity index (χ2n) is 10.4. The molecular formula is C31H29ClFN7O2. The first-order valence-electron chi connectivity index (χ1n) is 13.4. The Morgan fingerprint density at radius 3 is 2.55 bits per heavy atom.